The Morgan fingerprint density at radius 3 is 2.65 bits per heavy atom. The average Bonchev–Trinajstić information content (AvgIpc) is 2.82. The number of carbonyl (C=O) groups excluding carboxylic acids is 1. The lowest BCUT2D eigenvalue weighted by Crippen LogP contribution is -2.24. The maximum absolute atomic E-state index is 12.2. The van der Waals surface area contributed by atoms with E-state index in [9.17, 15) is 18.0 Å². The van der Waals surface area contributed by atoms with Crippen molar-refractivity contribution in [1.29, 1.82) is 0 Å². The topological polar surface area (TPSA) is 59.2 Å². The fourth-order valence-corrected chi connectivity index (χ4v) is 1.52. The number of hydrogen-bond donors (Lipinski definition) is 0. The maximum atomic E-state index is 12.2. The first-order valence-corrected chi connectivity index (χ1v) is 4.75. The van der Waals surface area contributed by atoms with Crippen LogP contribution in [0, 0.1) is 5.92 Å². The Hall–Kier alpha value is -1.86. The summed E-state index contributed by atoms with van der Waals surface area (Å²) in [5, 5.41) is 6.07. The Bertz CT molecular complexity index is 455. The van der Waals surface area contributed by atoms with E-state index in [1.54, 1.807) is 6.08 Å². The second kappa shape index (κ2) is 3.86. The van der Waals surface area contributed by atoms with Crippen molar-refractivity contribution in [3.05, 3.63) is 18.5 Å². The van der Waals surface area contributed by atoms with Crippen LogP contribution >= 0.6 is 0 Å². The molecule has 92 valence electrons. The number of nitrogens with zero attached hydrogens (tertiary/aromatic N) is 3. The van der Waals surface area contributed by atoms with E-state index < -0.39 is 18.1 Å². The van der Waals surface area contributed by atoms with Crippen LogP contribution in [0.5, 0.6) is 0 Å². The molecule has 1 aromatic rings. The largest absolute Gasteiger partial charge is 0.470 e. The van der Waals surface area contributed by atoms with E-state index in [0.717, 1.165) is 4.90 Å². The Labute approximate surface area is 93.9 Å². The molecule has 0 N–H and O–H groups in total. The minimum atomic E-state index is -4.70. The SMILES string of the molecule is C=CC1CC(=O)N(c2nnc(C(F)(F)F)o2)C1. The van der Waals surface area contributed by atoms with Crippen LogP contribution in [-0.2, 0) is 11.0 Å². The number of alkyl halides is 3. The van der Waals surface area contributed by atoms with Gasteiger partial charge in [0.1, 0.15) is 0 Å². The number of hydrogen-bond acceptors (Lipinski definition) is 4. The third-order valence-electron chi connectivity index (χ3n) is 2.38. The van der Waals surface area contributed by atoms with Crippen molar-refractivity contribution >= 4 is 11.9 Å². The first kappa shape index (κ1) is 11.6. The first-order chi connectivity index (χ1) is 7.91. The van der Waals surface area contributed by atoms with Crippen LogP contribution < -0.4 is 4.90 Å². The van der Waals surface area contributed by atoms with Crippen LogP contribution in [0.25, 0.3) is 0 Å². The molecule has 0 aliphatic carbocycles. The summed E-state index contributed by atoms with van der Waals surface area (Å²) in [6, 6.07) is -0.424. The van der Waals surface area contributed by atoms with Crippen molar-refractivity contribution in [1.82, 2.24) is 10.2 Å². The highest BCUT2D eigenvalue weighted by Gasteiger charge is 2.40. The summed E-state index contributed by atoms with van der Waals surface area (Å²) in [5.74, 6) is -1.92. The van der Waals surface area contributed by atoms with Crippen molar-refractivity contribution in [2.45, 2.75) is 12.6 Å². The molecule has 17 heavy (non-hydrogen) atoms. The van der Waals surface area contributed by atoms with Crippen LogP contribution in [0.2, 0.25) is 0 Å². The summed E-state index contributed by atoms with van der Waals surface area (Å²) in [6.07, 6.45) is -2.95. The quantitative estimate of drug-likeness (QED) is 0.745. The molecule has 1 aliphatic rings. The number of aromatic nitrogens is 2. The fourth-order valence-electron chi connectivity index (χ4n) is 1.52. The molecule has 0 aromatic carbocycles. The normalized spacial score (nSPS) is 21.0. The second-order valence-corrected chi connectivity index (χ2v) is 3.59. The van der Waals surface area contributed by atoms with E-state index in [1.165, 1.54) is 0 Å². The molecular formula is C9H8F3N3O2. The third-order valence-corrected chi connectivity index (χ3v) is 2.38. The standard InChI is InChI=1S/C9H8F3N3O2/c1-2-5-3-6(16)15(4-5)8-14-13-7(17-8)9(10,11)12/h2,5H,1,3-4H2. The van der Waals surface area contributed by atoms with Crippen molar-refractivity contribution in [2.24, 2.45) is 5.92 Å². The Morgan fingerprint density at radius 1 is 1.47 bits per heavy atom. The first-order valence-electron chi connectivity index (χ1n) is 4.75. The zero-order valence-corrected chi connectivity index (χ0v) is 8.57. The highest BCUT2D eigenvalue weighted by atomic mass is 19.4. The Kier molecular flexibility index (Phi) is 2.64. The van der Waals surface area contributed by atoms with Gasteiger partial charge >= 0.3 is 18.1 Å². The van der Waals surface area contributed by atoms with Gasteiger partial charge in [-0.15, -0.1) is 11.7 Å². The summed E-state index contributed by atoms with van der Waals surface area (Å²) in [4.78, 5) is 12.5. The number of carbonyl (C=O) groups is 1. The number of anilines is 1. The summed E-state index contributed by atoms with van der Waals surface area (Å²) in [6.45, 7) is 3.73. The van der Waals surface area contributed by atoms with Gasteiger partial charge in [-0.3, -0.25) is 9.69 Å². The molecule has 2 rings (SSSR count). The summed E-state index contributed by atoms with van der Waals surface area (Å²) < 4.78 is 41.1. The van der Waals surface area contributed by atoms with Crippen LogP contribution in [-0.4, -0.2) is 22.6 Å². The van der Waals surface area contributed by atoms with Gasteiger partial charge in [-0.2, -0.15) is 13.2 Å². The molecule has 1 aromatic heterocycles. The molecule has 0 bridgehead atoms. The van der Waals surface area contributed by atoms with Gasteiger partial charge in [-0.1, -0.05) is 11.2 Å². The Balaban J connectivity index is 2.21. The van der Waals surface area contributed by atoms with E-state index in [2.05, 4.69) is 21.2 Å². The van der Waals surface area contributed by atoms with Crippen LogP contribution in [0.1, 0.15) is 12.3 Å². The molecule has 0 spiro atoms. The third kappa shape index (κ3) is 2.15. The lowest BCUT2D eigenvalue weighted by molar-refractivity contribution is -0.157. The van der Waals surface area contributed by atoms with Crippen molar-refractivity contribution in [3.8, 4) is 0 Å². The van der Waals surface area contributed by atoms with Crippen molar-refractivity contribution in [3.63, 3.8) is 0 Å². The zero-order valence-electron chi connectivity index (χ0n) is 8.57. The van der Waals surface area contributed by atoms with Gasteiger partial charge < -0.3 is 4.42 Å². The van der Waals surface area contributed by atoms with Gasteiger partial charge in [0.15, 0.2) is 0 Å². The molecule has 1 fully saturated rings. The monoisotopic (exact) mass is 247 g/mol. The molecule has 8 heteroatoms. The zero-order chi connectivity index (χ0) is 12.6. The van der Waals surface area contributed by atoms with Crippen LogP contribution in [0.4, 0.5) is 19.2 Å². The van der Waals surface area contributed by atoms with Gasteiger partial charge in [0.2, 0.25) is 5.91 Å². The minimum absolute atomic E-state index is 0.108. The minimum Gasteiger partial charge on any atom is -0.399 e. The van der Waals surface area contributed by atoms with Crippen LogP contribution in [0.3, 0.4) is 0 Å². The molecule has 2 heterocycles. The van der Waals surface area contributed by atoms with E-state index in [4.69, 9.17) is 0 Å². The lowest BCUT2D eigenvalue weighted by atomic mass is 10.1. The molecule has 1 amide bonds. The molecule has 5 nitrogen and oxygen atoms in total. The molecule has 1 aliphatic heterocycles. The highest BCUT2D eigenvalue weighted by molar-refractivity contribution is 5.93. The van der Waals surface area contributed by atoms with Crippen molar-refractivity contribution < 1.29 is 22.4 Å². The average molecular weight is 247 g/mol. The van der Waals surface area contributed by atoms with E-state index in [-0.39, 0.29) is 24.8 Å². The molecule has 0 radical (unpaired) electrons. The summed E-state index contributed by atoms with van der Waals surface area (Å²) >= 11 is 0. The molecular weight excluding hydrogens is 239 g/mol. The van der Waals surface area contributed by atoms with E-state index in [1.807, 2.05) is 0 Å². The number of rotatable bonds is 2. The number of amides is 1. The predicted octanol–water partition coefficient (Wildman–Crippen LogP) is 1.63. The van der Waals surface area contributed by atoms with Crippen LogP contribution in [0.15, 0.2) is 17.1 Å². The maximum Gasteiger partial charge on any atom is 0.470 e. The lowest BCUT2D eigenvalue weighted by Gasteiger charge is -2.09. The van der Waals surface area contributed by atoms with Gasteiger partial charge in [0.25, 0.3) is 0 Å². The Morgan fingerprint density at radius 2 is 2.18 bits per heavy atom. The van der Waals surface area contributed by atoms with Gasteiger partial charge in [0, 0.05) is 18.9 Å². The summed E-state index contributed by atoms with van der Waals surface area (Å²) in [5.41, 5.74) is 0. The molecule has 1 saturated heterocycles. The van der Waals surface area contributed by atoms with E-state index >= 15 is 0 Å². The summed E-state index contributed by atoms with van der Waals surface area (Å²) in [7, 11) is 0. The number of halogens is 3. The van der Waals surface area contributed by atoms with Crippen molar-refractivity contribution in [2.75, 3.05) is 11.4 Å². The molecule has 1 unspecified atom stereocenters. The second-order valence-electron chi connectivity index (χ2n) is 3.59. The highest BCUT2D eigenvalue weighted by Crippen LogP contribution is 2.31. The molecule has 1 atom stereocenters. The van der Waals surface area contributed by atoms with Gasteiger partial charge in [-0.25, -0.2) is 0 Å². The molecule has 0 saturated carbocycles. The smallest absolute Gasteiger partial charge is 0.399 e. The van der Waals surface area contributed by atoms with E-state index in [0.29, 0.717) is 0 Å². The van der Waals surface area contributed by atoms with Gasteiger partial charge in [-0.05, 0) is 0 Å². The fraction of sp³-hybridized carbons (Fsp3) is 0.444. The van der Waals surface area contributed by atoms with Gasteiger partial charge in [0.05, 0.1) is 0 Å². The predicted molar refractivity (Wildman–Crippen MR) is 50.0 cm³/mol.